The third-order valence-corrected chi connectivity index (χ3v) is 3.75. The Hall–Kier alpha value is -2.14. The van der Waals surface area contributed by atoms with Crippen molar-refractivity contribution in [2.45, 2.75) is 19.5 Å². The molecule has 0 fully saturated rings. The molecule has 0 saturated heterocycles. The van der Waals surface area contributed by atoms with E-state index >= 15 is 0 Å². The van der Waals surface area contributed by atoms with E-state index in [1.165, 1.54) is 5.56 Å². The highest BCUT2D eigenvalue weighted by Crippen LogP contribution is 2.20. The Kier molecular flexibility index (Phi) is 3.52. The normalized spacial score (nSPS) is 15.0. The summed E-state index contributed by atoms with van der Waals surface area (Å²) in [6.07, 6.45) is 4.72. The monoisotopic (exact) mass is 271 g/mol. The first-order chi connectivity index (χ1) is 9.72. The van der Waals surface area contributed by atoms with E-state index in [0.29, 0.717) is 5.56 Å². The van der Waals surface area contributed by atoms with Crippen LogP contribution in [0.5, 0.6) is 0 Å². The number of aromatic carboxylic acids is 1. The molecule has 1 aliphatic rings. The Bertz CT molecular complexity index is 608. The van der Waals surface area contributed by atoms with Crippen LogP contribution >= 0.6 is 0 Å². The molecule has 2 heterocycles. The van der Waals surface area contributed by atoms with E-state index in [-0.39, 0.29) is 0 Å². The summed E-state index contributed by atoms with van der Waals surface area (Å²) < 4.78 is 1.92. The van der Waals surface area contributed by atoms with Gasteiger partial charge in [0.15, 0.2) is 0 Å². The average Bonchev–Trinajstić information content (AvgIpc) is 2.97. The van der Waals surface area contributed by atoms with Crippen molar-refractivity contribution in [3.05, 3.63) is 53.3 Å². The van der Waals surface area contributed by atoms with Crippen molar-refractivity contribution in [1.29, 1.82) is 0 Å². The number of carboxylic acids is 1. The van der Waals surface area contributed by atoms with Gasteiger partial charge in [0, 0.05) is 32.0 Å². The molecule has 0 amide bonds. The zero-order chi connectivity index (χ0) is 13.9. The summed E-state index contributed by atoms with van der Waals surface area (Å²) in [4.78, 5) is 13.4. The number of hydrogen-bond acceptors (Lipinski definition) is 3. The van der Waals surface area contributed by atoms with E-state index < -0.39 is 5.97 Å². The molecule has 0 aliphatic carbocycles. The van der Waals surface area contributed by atoms with Gasteiger partial charge in [-0.2, -0.15) is 5.10 Å². The average molecular weight is 271 g/mol. The summed E-state index contributed by atoms with van der Waals surface area (Å²) in [6, 6.07) is 7.37. The molecular formula is C15H17N3O2. The minimum Gasteiger partial charge on any atom is -0.478 e. The smallest absolute Gasteiger partial charge is 0.335 e. The van der Waals surface area contributed by atoms with Gasteiger partial charge in [-0.1, -0.05) is 6.07 Å². The van der Waals surface area contributed by atoms with Crippen LogP contribution in [-0.2, 0) is 19.5 Å². The molecule has 1 aliphatic heterocycles. The standard InChI is InChI=1S/C15H17N3O2/c19-15(20)13-3-2-12-4-7-17(11-14(12)10-13)8-9-18-6-1-5-16-18/h1-3,5-6,10H,4,7-9,11H2,(H,19,20). The van der Waals surface area contributed by atoms with Crippen LogP contribution in [0.4, 0.5) is 0 Å². The lowest BCUT2D eigenvalue weighted by Crippen LogP contribution is -2.33. The summed E-state index contributed by atoms with van der Waals surface area (Å²) >= 11 is 0. The number of nitrogens with zero attached hydrogens (tertiary/aromatic N) is 3. The summed E-state index contributed by atoms with van der Waals surface area (Å²) in [7, 11) is 0. The molecule has 5 nitrogen and oxygen atoms in total. The molecule has 2 aromatic rings. The fraction of sp³-hybridized carbons (Fsp3) is 0.333. The van der Waals surface area contributed by atoms with Crippen molar-refractivity contribution in [1.82, 2.24) is 14.7 Å². The molecule has 1 aromatic heterocycles. The summed E-state index contributed by atoms with van der Waals surface area (Å²) in [5.74, 6) is -0.860. The maximum atomic E-state index is 11.0. The van der Waals surface area contributed by atoms with Gasteiger partial charge >= 0.3 is 5.97 Å². The predicted molar refractivity (Wildman–Crippen MR) is 74.6 cm³/mol. The molecule has 0 atom stereocenters. The topological polar surface area (TPSA) is 58.4 Å². The van der Waals surface area contributed by atoms with Crippen molar-refractivity contribution in [2.75, 3.05) is 13.1 Å². The van der Waals surface area contributed by atoms with Crippen LogP contribution in [0.15, 0.2) is 36.7 Å². The quantitative estimate of drug-likeness (QED) is 0.918. The molecule has 1 N–H and O–H groups in total. The zero-order valence-electron chi connectivity index (χ0n) is 11.2. The maximum Gasteiger partial charge on any atom is 0.335 e. The molecule has 20 heavy (non-hydrogen) atoms. The van der Waals surface area contributed by atoms with E-state index in [2.05, 4.69) is 10.00 Å². The first-order valence-electron chi connectivity index (χ1n) is 6.77. The van der Waals surface area contributed by atoms with Crippen molar-refractivity contribution < 1.29 is 9.90 Å². The van der Waals surface area contributed by atoms with E-state index in [9.17, 15) is 4.79 Å². The predicted octanol–water partition coefficient (Wildman–Crippen LogP) is 1.64. The van der Waals surface area contributed by atoms with E-state index in [0.717, 1.165) is 38.2 Å². The largest absolute Gasteiger partial charge is 0.478 e. The number of carbonyl (C=O) groups is 1. The number of aromatic nitrogens is 2. The van der Waals surface area contributed by atoms with Crippen LogP contribution in [0.2, 0.25) is 0 Å². The van der Waals surface area contributed by atoms with Gasteiger partial charge in [0.25, 0.3) is 0 Å². The third-order valence-electron chi connectivity index (χ3n) is 3.75. The van der Waals surface area contributed by atoms with E-state index in [1.54, 1.807) is 18.3 Å². The first-order valence-corrected chi connectivity index (χ1v) is 6.77. The maximum absolute atomic E-state index is 11.0. The number of hydrogen-bond donors (Lipinski definition) is 1. The van der Waals surface area contributed by atoms with Gasteiger partial charge in [0.1, 0.15) is 0 Å². The van der Waals surface area contributed by atoms with Gasteiger partial charge in [0.05, 0.1) is 12.1 Å². The third kappa shape index (κ3) is 2.72. The fourth-order valence-corrected chi connectivity index (χ4v) is 2.62. The SMILES string of the molecule is O=C(O)c1ccc2c(c1)CN(CCn1cccn1)CC2. The van der Waals surface area contributed by atoms with Crippen LogP contribution in [0.25, 0.3) is 0 Å². The lowest BCUT2D eigenvalue weighted by Gasteiger charge is -2.28. The number of benzene rings is 1. The van der Waals surface area contributed by atoms with Gasteiger partial charge in [-0.05, 0) is 35.7 Å². The minimum absolute atomic E-state index is 0.373. The number of rotatable bonds is 4. The van der Waals surface area contributed by atoms with Gasteiger partial charge in [-0.15, -0.1) is 0 Å². The molecule has 0 saturated carbocycles. The molecular weight excluding hydrogens is 254 g/mol. The van der Waals surface area contributed by atoms with Gasteiger partial charge < -0.3 is 5.11 Å². The summed E-state index contributed by atoms with van der Waals surface area (Å²) in [5, 5.41) is 13.3. The second-order valence-electron chi connectivity index (χ2n) is 5.08. The van der Waals surface area contributed by atoms with Crippen LogP contribution < -0.4 is 0 Å². The Morgan fingerprint density at radius 2 is 2.20 bits per heavy atom. The zero-order valence-corrected chi connectivity index (χ0v) is 11.2. The second kappa shape index (κ2) is 5.46. The number of carboxylic acid groups (broad SMARTS) is 1. The lowest BCUT2D eigenvalue weighted by molar-refractivity contribution is 0.0696. The van der Waals surface area contributed by atoms with Gasteiger partial charge in [-0.25, -0.2) is 4.79 Å². The van der Waals surface area contributed by atoms with Gasteiger partial charge in [0.2, 0.25) is 0 Å². The Labute approximate surface area is 117 Å². The lowest BCUT2D eigenvalue weighted by atomic mass is 9.97. The highest BCUT2D eigenvalue weighted by Gasteiger charge is 2.17. The van der Waals surface area contributed by atoms with Gasteiger partial charge in [-0.3, -0.25) is 9.58 Å². The van der Waals surface area contributed by atoms with Crippen molar-refractivity contribution >= 4 is 5.97 Å². The number of fused-ring (bicyclic) bond motifs is 1. The van der Waals surface area contributed by atoms with E-state index in [4.69, 9.17) is 5.11 Å². The van der Waals surface area contributed by atoms with Crippen molar-refractivity contribution in [3.8, 4) is 0 Å². The Morgan fingerprint density at radius 3 is 2.95 bits per heavy atom. The highest BCUT2D eigenvalue weighted by molar-refractivity contribution is 5.87. The molecule has 0 unspecified atom stereocenters. The molecule has 1 aromatic carbocycles. The fourth-order valence-electron chi connectivity index (χ4n) is 2.62. The van der Waals surface area contributed by atoms with Crippen molar-refractivity contribution in [3.63, 3.8) is 0 Å². The molecule has 0 spiro atoms. The van der Waals surface area contributed by atoms with Crippen LogP contribution in [0.3, 0.4) is 0 Å². The van der Waals surface area contributed by atoms with Crippen LogP contribution in [-0.4, -0.2) is 38.8 Å². The highest BCUT2D eigenvalue weighted by atomic mass is 16.4. The molecule has 3 rings (SSSR count). The Balaban J connectivity index is 1.67. The van der Waals surface area contributed by atoms with Crippen LogP contribution in [0.1, 0.15) is 21.5 Å². The first kappa shape index (κ1) is 12.9. The van der Waals surface area contributed by atoms with E-state index in [1.807, 2.05) is 23.0 Å². The Morgan fingerprint density at radius 1 is 1.30 bits per heavy atom. The second-order valence-corrected chi connectivity index (χ2v) is 5.08. The van der Waals surface area contributed by atoms with Crippen LogP contribution in [0, 0.1) is 0 Å². The molecule has 104 valence electrons. The molecule has 0 radical (unpaired) electrons. The molecule has 5 heteroatoms. The summed E-state index contributed by atoms with van der Waals surface area (Å²) in [5.41, 5.74) is 2.78. The minimum atomic E-state index is -0.860. The molecule has 0 bridgehead atoms. The summed E-state index contributed by atoms with van der Waals surface area (Å²) in [6.45, 7) is 3.62. The van der Waals surface area contributed by atoms with Crippen molar-refractivity contribution in [2.24, 2.45) is 0 Å².